The minimum Gasteiger partial charge on any atom is -0.444 e. The van der Waals surface area contributed by atoms with Crippen LogP contribution in [-0.4, -0.2) is 53.1 Å². The van der Waals surface area contributed by atoms with Crippen molar-refractivity contribution >= 4 is 27.9 Å². The molecule has 0 aromatic heterocycles. The number of ether oxygens (including phenoxy) is 1. The van der Waals surface area contributed by atoms with E-state index < -0.39 is 17.5 Å². The van der Waals surface area contributed by atoms with Crippen molar-refractivity contribution in [2.75, 3.05) is 19.6 Å². The molecule has 5 nitrogen and oxygen atoms in total. The van der Waals surface area contributed by atoms with Gasteiger partial charge in [-0.3, -0.25) is 4.79 Å². The van der Waals surface area contributed by atoms with Crippen molar-refractivity contribution in [3.8, 4) is 0 Å². The molecule has 1 atom stereocenters. The van der Waals surface area contributed by atoms with E-state index in [1.165, 1.54) is 6.07 Å². The molecule has 1 aromatic carbocycles. The minimum atomic E-state index is -0.570. The number of aryl methyl sites for hydroxylation is 1. The van der Waals surface area contributed by atoms with Crippen molar-refractivity contribution in [1.29, 1.82) is 0 Å². The van der Waals surface area contributed by atoms with Gasteiger partial charge >= 0.3 is 6.09 Å². The van der Waals surface area contributed by atoms with E-state index in [2.05, 4.69) is 15.9 Å². The fourth-order valence-corrected chi connectivity index (χ4v) is 3.24. The first kappa shape index (κ1) is 19.7. The molecule has 1 aliphatic rings. The maximum absolute atomic E-state index is 14.2. The number of rotatable bonds is 1. The minimum absolute atomic E-state index is 0.0397. The van der Waals surface area contributed by atoms with Gasteiger partial charge in [0.2, 0.25) is 0 Å². The third-order valence-corrected chi connectivity index (χ3v) is 5.06. The summed E-state index contributed by atoms with van der Waals surface area (Å²) in [6, 6.07) is 2.71. The van der Waals surface area contributed by atoms with Gasteiger partial charge in [-0.1, -0.05) is 6.07 Å². The lowest BCUT2D eigenvalue weighted by molar-refractivity contribution is 0.00189. The monoisotopic (exact) mass is 414 g/mol. The Morgan fingerprint density at radius 3 is 2.48 bits per heavy atom. The summed E-state index contributed by atoms with van der Waals surface area (Å²) < 4.78 is 20.0. The predicted octanol–water partition coefficient (Wildman–Crippen LogP) is 3.98. The molecule has 2 amide bonds. The molecule has 2 rings (SSSR count). The van der Waals surface area contributed by atoms with Crippen LogP contribution >= 0.6 is 15.9 Å². The fraction of sp³-hybridized carbons (Fsp3) is 0.556. The van der Waals surface area contributed by atoms with Crippen LogP contribution in [0.1, 0.15) is 43.6 Å². The Hall–Kier alpha value is -1.63. The second-order valence-corrected chi connectivity index (χ2v) is 8.12. The number of carbonyl (C=O) groups excluding carboxylic acids is 2. The highest BCUT2D eigenvalue weighted by Gasteiger charge is 2.34. The maximum Gasteiger partial charge on any atom is 0.410 e. The molecule has 0 bridgehead atoms. The van der Waals surface area contributed by atoms with Gasteiger partial charge in [0.25, 0.3) is 5.91 Å². The summed E-state index contributed by atoms with van der Waals surface area (Å²) in [5.41, 5.74) is 0.266. The molecule has 1 aliphatic heterocycles. The molecule has 0 N–H and O–H groups in total. The van der Waals surface area contributed by atoms with E-state index >= 15 is 0 Å². The summed E-state index contributed by atoms with van der Waals surface area (Å²) in [7, 11) is 0. The van der Waals surface area contributed by atoms with Crippen molar-refractivity contribution in [3.63, 3.8) is 0 Å². The van der Waals surface area contributed by atoms with Crippen LogP contribution in [0.25, 0.3) is 0 Å². The van der Waals surface area contributed by atoms with Crippen LogP contribution in [-0.2, 0) is 4.74 Å². The molecule has 1 heterocycles. The maximum atomic E-state index is 14.2. The molecule has 1 aromatic rings. The first-order chi connectivity index (χ1) is 11.5. The number of hydrogen-bond acceptors (Lipinski definition) is 3. The molecule has 1 fully saturated rings. The average Bonchev–Trinajstić information content (AvgIpc) is 2.49. The van der Waals surface area contributed by atoms with Crippen LogP contribution in [0.2, 0.25) is 0 Å². The van der Waals surface area contributed by atoms with Gasteiger partial charge in [-0.05, 0) is 62.2 Å². The smallest absolute Gasteiger partial charge is 0.410 e. The molecular weight excluding hydrogens is 391 g/mol. The first-order valence-corrected chi connectivity index (χ1v) is 9.04. The molecule has 0 saturated carbocycles. The van der Waals surface area contributed by atoms with Crippen LogP contribution in [0.4, 0.5) is 9.18 Å². The number of piperazine rings is 1. The lowest BCUT2D eigenvalue weighted by Crippen LogP contribution is -2.56. The Labute approximate surface area is 156 Å². The van der Waals surface area contributed by atoms with Crippen molar-refractivity contribution in [1.82, 2.24) is 9.80 Å². The van der Waals surface area contributed by atoms with Gasteiger partial charge in [0.05, 0.1) is 5.56 Å². The van der Waals surface area contributed by atoms with E-state index in [-0.39, 0.29) is 17.5 Å². The summed E-state index contributed by atoms with van der Waals surface area (Å²) in [6.07, 6.45) is -0.394. The zero-order valence-corrected chi connectivity index (χ0v) is 16.8. The van der Waals surface area contributed by atoms with E-state index in [0.29, 0.717) is 24.1 Å². The summed E-state index contributed by atoms with van der Waals surface area (Å²) in [5, 5.41) is 0. The highest BCUT2D eigenvalue weighted by molar-refractivity contribution is 9.10. The van der Waals surface area contributed by atoms with Crippen molar-refractivity contribution in [3.05, 3.63) is 33.5 Å². The summed E-state index contributed by atoms with van der Waals surface area (Å²) in [4.78, 5) is 28.2. The number of nitrogens with zero attached hydrogens (tertiary/aromatic N) is 2. The van der Waals surface area contributed by atoms with Gasteiger partial charge in [-0.25, -0.2) is 9.18 Å². The number of amides is 2. The molecule has 25 heavy (non-hydrogen) atoms. The Balaban J connectivity index is 2.12. The van der Waals surface area contributed by atoms with Gasteiger partial charge in [0, 0.05) is 30.1 Å². The van der Waals surface area contributed by atoms with Crippen LogP contribution in [0.5, 0.6) is 0 Å². The van der Waals surface area contributed by atoms with E-state index in [0.717, 1.165) is 5.56 Å². The third kappa shape index (κ3) is 4.51. The number of carbonyl (C=O) groups is 2. The molecule has 138 valence electrons. The molecule has 1 unspecified atom stereocenters. The van der Waals surface area contributed by atoms with Gasteiger partial charge in [-0.2, -0.15) is 0 Å². The molecule has 7 heteroatoms. The molecule has 0 aliphatic carbocycles. The molecule has 1 saturated heterocycles. The standard InChI is InChI=1S/C18H24BrFN2O3/c1-11-6-7-13(20)14(15(11)19)16(23)21-8-9-22(12(2)10-21)17(24)25-18(3,4)5/h6-7,12H,8-10H2,1-5H3. The molecule has 0 radical (unpaired) electrons. The fourth-order valence-electron chi connectivity index (χ4n) is 2.74. The Bertz CT molecular complexity index is 688. The second kappa shape index (κ2) is 7.32. The average molecular weight is 415 g/mol. The van der Waals surface area contributed by atoms with Crippen LogP contribution in [0.15, 0.2) is 16.6 Å². The van der Waals surface area contributed by atoms with Crippen LogP contribution in [0, 0.1) is 12.7 Å². The lowest BCUT2D eigenvalue weighted by atomic mass is 10.1. The summed E-state index contributed by atoms with van der Waals surface area (Å²) >= 11 is 3.31. The van der Waals surface area contributed by atoms with E-state index in [1.807, 2.05) is 34.6 Å². The molecular formula is C18H24BrFN2O3. The Morgan fingerprint density at radius 1 is 1.28 bits per heavy atom. The van der Waals surface area contributed by atoms with Crippen molar-refractivity contribution in [2.45, 2.75) is 46.3 Å². The zero-order valence-electron chi connectivity index (χ0n) is 15.2. The highest BCUT2D eigenvalue weighted by atomic mass is 79.9. The number of benzene rings is 1. The largest absolute Gasteiger partial charge is 0.444 e. The van der Waals surface area contributed by atoms with Gasteiger partial charge < -0.3 is 14.5 Å². The topological polar surface area (TPSA) is 49.9 Å². The van der Waals surface area contributed by atoms with Gasteiger partial charge in [0.1, 0.15) is 11.4 Å². The summed E-state index contributed by atoms with van der Waals surface area (Å²) in [5.74, 6) is -0.923. The Morgan fingerprint density at radius 2 is 1.92 bits per heavy atom. The highest BCUT2D eigenvalue weighted by Crippen LogP contribution is 2.26. The van der Waals surface area contributed by atoms with Gasteiger partial charge in [0.15, 0.2) is 0 Å². The van der Waals surface area contributed by atoms with Gasteiger partial charge in [-0.15, -0.1) is 0 Å². The number of halogens is 2. The number of hydrogen-bond donors (Lipinski definition) is 0. The van der Waals surface area contributed by atoms with E-state index in [4.69, 9.17) is 4.74 Å². The first-order valence-electron chi connectivity index (χ1n) is 8.24. The third-order valence-electron chi connectivity index (χ3n) is 4.04. The lowest BCUT2D eigenvalue weighted by Gasteiger charge is -2.40. The van der Waals surface area contributed by atoms with E-state index in [1.54, 1.807) is 15.9 Å². The van der Waals surface area contributed by atoms with Crippen LogP contribution in [0.3, 0.4) is 0 Å². The predicted molar refractivity (Wildman–Crippen MR) is 97.1 cm³/mol. The SMILES string of the molecule is Cc1ccc(F)c(C(=O)N2CCN(C(=O)OC(C)(C)C)C(C)C2)c1Br. The normalized spacial score (nSPS) is 18.3. The quantitative estimate of drug-likeness (QED) is 0.698. The van der Waals surface area contributed by atoms with E-state index in [9.17, 15) is 14.0 Å². The molecule has 0 spiro atoms. The van der Waals surface area contributed by atoms with Crippen molar-refractivity contribution in [2.24, 2.45) is 0 Å². The van der Waals surface area contributed by atoms with Crippen molar-refractivity contribution < 1.29 is 18.7 Å². The Kier molecular flexibility index (Phi) is 5.76. The summed E-state index contributed by atoms with van der Waals surface area (Å²) in [6.45, 7) is 10.1. The second-order valence-electron chi connectivity index (χ2n) is 7.33. The zero-order chi connectivity index (χ0) is 18.9. The van der Waals surface area contributed by atoms with Crippen LogP contribution < -0.4 is 0 Å².